The van der Waals surface area contributed by atoms with Crippen molar-refractivity contribution >= 4 is 0 Å². The molecule has 0 bridgehead atoms. The second-order valence-corrected chi connectivity index (χ2v) is 4.14. The lowest BCUT2D eigenvalue weighted by Gasteiger charge is -2.15. The number of allylic oxidation sites excluding steroid dienone is 2. The Labute approximate surface area is 115 Å². The number of alkyl halides is 3. The molecule has 0 amide bonds. The highest BCUT2D eigenvalue weighted by Crippen LogP contribution is 2.32. The van der Waals surface area contributed by atoms with Gasteiger partial charge in [-0.15, -0.1) is 0 Å². The molecule has 0 aromatic carbocycles. The quantitative estimate of drug-likeness (QED) is 0.208. The third kappa shape index (κ3) is 6.96. The molecule has 0 fully saturated rings. The minimum absolute atomic E-state index is 0.0944. The monoisotopic (exact) mass is 293 g/mol. The maximum atomic E-state index is 12.8. The summed E-state index contributed by atoms with van der Waals surface area (Å²) in [6.45, 7) is 8.22. The number of halogens is 3. The second-order valence-electron chi connectivity index (χ2n) is 4.14. The molecule has 0 rings (SSSR count). The maximum absolute atomic E-state index is 12.8. The summed E-state index contributed by atoms with van der Waals surface area (Å²) in [4.78, 5) is 9.34. The van der Waals surface area contributed by atoms with Crippen LogP contribution in [-0.2, 0) is 4.74 Å². The summed E-state index contributed by atoms with van der Waals surface area (Å²) in [6.07, 6.45) is -1.04. The van der Waals surface area contributed by atoms with E-state index in [1.54, 1.807) is 0 Å². The fraction of sp³-hybridized carbons (Fsp3) is 0.538. The van der Waals surface area contributed by atoms with Gasteiger partial charge in [-0.05, 0) is 13.0 Å². The van der Waals surface area contributed by atoms with Crippen LogP contribution in [0, 0.1) is 10.1 Å². The number of nitrogens with zero attached hydrogens (tertiary/aromatic N) is 1. The zero-order valence-corrected chi connectivity index (χ0v) is 11.3. The fourth-order valence-electron chi connectivity index (χ4n) is 1.34. The van der Waals surface area contributed by atoms with E-state index in [-0.39, 0.29) is 6.61 Å². The molecule has 0 N–H and O–H groups in total. The summed E-state index contributed by atoms with van der Waals surface area (Å²) >= 11 is 0. The van der Waals surface area contributed by atoms with Gasteiger partial charge in [-0.25, -0.2) is 0 Å². The minimum Gasteiger partial charge on any atom is -0.494 e. The molecule has 0 radical (unpaired) electrons. The van der Waals surface area contributed by atoms with Gasteiger partial charge in [-0.2, -0.15) is 13.2 Å². The molecule has 7 heteroatoms. The van der Waals surface area contributed by atoms with Gasteiger partial charge < -0.3 is 4.74 Å². The molecule has 0 saturated heterocycles. The normalized spacial score (nSPS) is 12.1. The SMILES string of the molecule is C=C(OCCCCCC)/C(=C\C(=C)[N+](=O)[O-])C(F)(F)F. The van der Waals surface area contributed by atoms with E-state index in [1.807, 2.05) is 6.92 Å². The van der Waals surface area contributed by atoms with E-state index in [9.17, 15) is 23.3 Å². The van der Waals surface area contributed by atoms with E-state index in [2.05, 4.69) is 13.2 Å². The van der Waals surface area contributed by atoms with E-state index in [0.717, 1.165) is 19.3 Å². The predicted molar refractivity (Wildman–Crippen MR) is 69.5 cm³/mol. The molecule has 0 aliphatic rings. The highest BCUT2D eigenvalue weighted by atomic mass is 19.4. The Balaban J connectivity index is 4.69. The van der Waals surface area contributed by atoms with E-state index in [0.29, 0.717) is 12.5 Å². The molecule has 0 unspecified atom stereocenters. The molecule has 0 heterocycles. The number of hydrogen-bond acceptors (Lipinski definition) is 3. The predicted octanol–water partition coefficient (Wildman–Crippen LogP) is 4.38. The first-order chi connectivity index (χ1) is 9.20. The van der Waals surface area contributed by atoms with E-state index in [1.165, 1.54) is 0 Å². The summed E-state index contributed by atoms with van der Waals surface area (Å²) in [6, 6.07) is 0. The van der Waals surface area contributed by atoms with Gasteiger partial charge in [0, 0.05) is 6.08 Å². The molecule has 0 saturated carbocycles. The average molecular weight is 293 g/mol. The summed E-state index contributed by atoms with van der Waals surface area (Å²) in [7, 11) is 0. The number of ether oxygens (including phenoxy) is 1. The van der Waals surface area contributed by atoms with E-state index < -0.39 is 28.1 Å². The van der Waals surface area contributed by atoms with Crippen molar-refractivity contribution in [1.82, 2.24) is 0 Å². The molecule has 4 nitrogen and oxygen atoms in total. The van der Waals surface area contributed by atoms with Crippen molar-refractivity contribution in [2.75, 3.05) is 6.61 Å². The van der Waals surface area contributed by atoms with Crippen molar-refractivity contribution in [3.63, 3.8) is 0 Å². The average Bonchev–Trinajstić information content (AvgIpc) is 2.33. The highest BCUT2D eigenvalue weighted by Gasteiger charge is 2.37. The topological polar surface area (TPSA) is 52.4 Å². The maximum Gasteiger partial charge on any atom is 0.420 e. The Morgan fingerprint density at radius 2 is 1.90 bits per heavy atom. The van der Waals surface area contributed by atoms with Crippen molar-refractivity contribution in [2.24, 2.45) is 0 Å². The zero-order chi connectivity index (χ0) is 15.8. The number of hydrogen-bond donors (Lipinski definition) is 0. The summed E-state index contributed by atoms with van der Waals surface area (Å²) in [5.74, 6) is -0.628. The smallest absolute Gasteiger partial charge is 0.420 e. The van der Waals surface area contributed by atoms with Gasteiger partial charge in [0.1, 0.15) is 11.3 Å². The molecular formula is C13H18F3NO3. The zero-order valence-electron chi connectivity index (χ0n) is 11.3. The number of rotatable bonds is 9. The van der Waals surface area contributed by atoms with Crippen LogP contribution in [-0.4, -0.2) is 17.7 Å². The molecular weight excluding hydrogens is 275 g/mol. The van der Waals surface area contributed by atoms with Crippen LogP contribution < -0.4 is 0 Å². The van der Waals surface area contributed by atoms with Gasteiger partial charge in [-0.3, -0.25) is 10.1 Å². The van der Waals surface area contributed by atoms with Crippen molar-refractivity contribution in [2.45, 2.75) is 38.8 Å². The summed E-state index contributed by atoms with van der Waals surface area (Å²) in [5.41, 5.74) is -2.15. The van der Waals surface area contributed by atoms with Crippen LogP contribution in [0.3, 0.4) is 0 Å². The molecule has 0 aliphatic heterocycles. The third-order valence-corrected chi connectivity index (χ3v) is 2.43. The van der Waals surface area contributed by atoms with Crippen LogP contribution in [0.25, 0.3) is 0 Å². The Bertz CT molecular complexity index is 400. The van der Waals surface area contributed by atoms with Crippen LogP contribution in [0.5, 0.6) is 0 Å². The first-order valence-electron chi connectivity index (χ1n) is 6.14. The van der Waals surface area contributed by atoms with Crippen molar-refractivity contribution in [1.29, 1.82) is 0 Å². The van der Waals surface area contributed by atoms with Crippen molar-refractivity contribution in [3.05, 3.63) is 46.4 Å². The minimum atomic E-state index is -4.78. The Morgan fingerprint density at radius 3 is 2.35 bits per heavy atom. The van der Waals surface area contributed by atoms with Crippen LogP contribution in [0.15, 0.2) is 36.3 Å². The second kappa shape index (κ2) is 8.39. The molecule has 20 heavy (non-hydrogen) atoms. The van der Waals surface area contributed by atoms with E-state index in [4.69, 9.17) is 4.74 Å². The Hall–Kier alpha value is -1.79. The lowest BCUT2D eigenvalue weighted by Crippen LogP contribution is -2.16. The first kappa shape index (κ1) is 18.2. The molecule has 0 spiro atoms. The molecule has 0 aliphatic carbocycles. The Kier molecular flexibility index (Phi) is 7.64. The standard InChI is InChI=1S/C13H18F3NO3/c1-4-5-6-7-8-20-11(3)12(13(14,15)16)9-10(2)17(18)19/h9H,2-8H2,1H3/b12-9+. The van der Waals surface area contributed by atoms with Crippen LogP contribution >= 0.6 is 0 Å². The number of nitro groups is 1. The molecule has 0 aromatic rings. The van der Waals surface area contributed by atoms with Gasteiger partial charge in [0.2, 0.25) is 0 Å². The molecule has 0 aromatic heterocycles. The van der Waals surface area contributed by atoms with Gasteiger partial charge in [-0.1, -0.05) is 32.8 Å². The molecule has 114 valence electrons. The molecule has 0 atom stereocenters. The fourth-order valence-corrected chi connectivity index (χ4v) is 1.34. The Morgan fingerprint density at radius 1 is 1.30 bits per heavy atom. The lowest BCUT2D eigenvalue weighted by molar-refractivity contribution is -0.418. The summed E-state index contributed by atoms with van der Waals surface area (Å²) < 4.78 is 43.2. The van der Waals surface area contributed by atoms with Gasteiger partial charge >= 0.3 is 6.18 Å². The van der Waals surface area contributed by atoms with Crippen LogP contribution in [0.1, 0.15) is 32.6 Å². The number of unbranched alkanes of at least 4 members (excludes halogenated alkanes) is 3. The first-order valence-corrected chi connectivity index (χ1v) is 6.14. The van der Waals surface area contributed by atoms with Gasteiger partial charge in [0.25, 0.3) is 5.70 Å². The third-order valence-electron chi connectivity index (χ3n) is 2.43. The highest BCUT2D eigenvalue weighted by molar-refractivity contribution is 5.33. The van der Waals surface area contributed by atoms with Crippen LogP contribution in [0.2, 0.25) is 0 Å². The van der Waals surface area contributed by atoms with Crippen molar-refractivity contribution in [3.8, 4) is 0 Å². The van der Waals surface area contributed by atoms with E-state index >= 15 is 0 Å². The van der Waals surface area contributed by atoms with Crippen molar-refractivity contribution < 1.29 is 22.8 Å². The summed E-state index contributed by atoms with van der Waals surface area (Å²) in [5, 5.41) is 10.3. The van der Waals surface area contributed by atoms with Gasteiger partial charge in [0.05, 0.1) is 11.5 Å². The lowest BCUT2D eigenvalue weighted by atomic mass is 10.2. The van der Waals surface area contributed by atoms with Gasteiger partial charge in [0.15, 0.2) is 0 Å². The van der Waals surface area contributed by atoms with Crippen LogP contribution in [0.4, 0.5) is 13.2 Å². The largest absolute Gasteiger partial charge is 0.494 e.